The van der Waals surface area contributed by atoms with E-state index < -0.39 is 11.9 Å². The van der Waals surface area contributed by atoms with Gasteiger partial charge in [0.15, 0.2) is 5.69 Å². The molecule has 1 saturated heterocycles. The molecule has 1 aromatic heterocycles. The van der Waals surface area contributed by atoms with Crippen molar-refractivity contribution in [3.63, 3.8) is 0 Å². The van der Waals surface area contributed by atoms with Crippen molar-refractivity contribution in [3.8, 4) is 0 Å². The van der Waals surface area contributed by atoms with Gasteiger partial charge in [-0.05, 0) is 30.2 Å². The number of nitrogens with zero attached hydrogens (tertiary/aromatic N) is 3. The highest BCUT2D eigenvalue weighted by molar-refractivity contribution is 7.99. The van der Waals surface area contributed by atoms with E-state index in [0.29, 0.717) is 16.6 Å². The monoisotopic (exact) mass is 377 g/mol. The molecule has 0 radical (unpaired) electrons. The van der Waals surface area contributed by atoms with Crippen LogP contribution in [0, 0.1) is 11.8 Å². The third kappa shape index (κ3) is 3.93. The van der Waals surface area contributed by atoms with Crippen LogP contribution >= 0.6 is 23.4 Å². The van der Waals surface area contributed by atoms with Gasteiger partial charge < -0.3 is 10.0 Å². The van der Waals surface area contributed by atoms with E-state index in [1.165, 1.54) is 16.7 Å². The first-order valence-corrected chi connectivity index (χ1v) is 8.93. The predicted molar refractivity (Wildman–Crippen MR) is 93.8 cm³/mol. The quantitative estimate of drug-likeness (QED) is 0.881. The summed E-state index contributed by atoms with van der Waals surface area (Å²) in [6, 6.07) is 10.7. The summed E-state index contributed by atoms with van der Waals surface area (Å²) in [6.45, 7) is 2.45. The Hall–Kier alpha value is -2.12. The average Bonchev–Trinajstić information content (AvgIpc) is 2.99. The summed E-state index contributed by atoms with van der Waals surface area (Å²) in [5, 5.41) is 18.5. The molecule has 1 aliphatic heterocycles. The molecule has 0 bridgehead atoms. The van der Waals surface area contributed by atoms with Crippen LogP contribution in [0.3, 0.4) is 0 Å². The zero-order valence-electron chi connectivity index (χ0n) is 13.4. The molecule has 3 rings (SSSR count). The van der Waals surface area contributed by atoms with Crippen molar-refractivity contribution in [2.45, 2.75) is 16.8 Å². The van der Waals surface area contributed by atoms with Crippen molar-refractivity contribution in [1.82, 2.24) is 15.1 Å². The third-order valence-electron chi connectivity index (χ3n) is 4.13. The second-order valence-corrected chi connectivity index (χ2v) is 7.39. The molecule has 1 aliphatic rings. The van der Waals surface area contributed by atoms with Gasteiger partial charge in [-0.15, -0.1) is 10.2 Å². The molecule has 1 fully saturated rings. The van der Waals surface area contributed by atoms with Gasteiger partial charge in [0.2, 0.25) is 0 Å². The Kier molecular flexibility index (Phi) is 5.24. The first-order chi connectivity index (χ1) is 12.0. The normalized spacial score (nSPS) is 19.8. The van der Waals surface area contributed by atoms with Gasteiger partial charge in [0.05, 0.1) is 10.9 Å². The minimum atomic E-state index is -0.875. The van der Waals surface area contributed by atoms with Crippen LogP contribution in [-0.2, 0) is 4.79 Å². The number of halogens is 1. The highest BCUT2D eigenvalue weighted by atomic mass is 35.5. The minimum absolute atomic E-state index is 0.0792. The SMILES string of the molecule is C[C@@H]1CN(C(=O)c2ccc(Sc3ccccc3Cl)nn2)C[C@H]1C(=O)O. The second kappa shape index (κ2) is 7.41. The summed E-state index contributed by atoms with van der Waals surface area (Å²) >= 11 is 7.48. The van der Waals surface area contributed by atoms with Crippen molar-refractivity contribution >= 4 is 35.2 Å². The molecule has 1 amide bonds. The highest BCUT2D eigenvalue weighted by Crippen LogP contribution is 2.31. The van der Waals surface area contributed by atoms with Crippen LogP contribution < -0.4 is 0 Å². The lowest BCUT2D eigenvalue weighted by Gasteiger charge is -2.14. The number of aliphatic carboxylic acids is 1. The lowest BCUT2D eigenvalue weighted by atomic mass is 9.99. The fourth-order valence-electron chi connectivity index (χ4n) is 2.74. The number of hydrogen-bond acceptors (Lipinski definition) is 5. The predicted octanol–water partition coefficient (Wildman–Crippen LogP) is 3.07. The molecule has 8 heteroatoms. The molecule has 1 N–H and O–H groups in total. The van der Waals surface area contributed by atoms with Crippen LogP contribution in [0.25, 0.3) is 0 Å². The molecule has 2 heterocycles. The van der Waals surface area contributed by atoms with Gasteiger partial charge in [-0.3, -0.25) is 9.59 Å². The number of amides is 1. The Labute approximate surface area is 154 Å². The van der Waals surface area contributed by atoms with E-state index in [4.69, 9.17) is 11.6 Å². The van der Waals surface area contributed by atoms with Crippen molar-refractivity contribution in [2.75, 3.05) is 13.1 Å². The van der Waals surface area contributed by atoms with Crippen molar-refractivity contribution in [1.29, 1.82) is 0 Å². The molecule has 130 valence electrons. The molecule has 0 unspecified atom stereocenters. The fourth-order valence-corrected chi connectivity index (χ4v) is 3.75. The summed E-state index contributed by atoms with van der Waals surface area (Å²) in [6.07, 6.45) is 0. The van der Waals surface area contributed by atoms with Crippen LogP contribution in [0.15, 0.2) is 46.3 Å². The van der Waals surface area contributed by atoms with Gasteiger partial charge in [0, 0.05) is 18.0 Å². The molecule has 1 aromatic carbocycles. The van der Waals surface area contributed by atoms with Crippen LogP contribution in [0.1, 0.15) is 17.4 Å². The standard InChI is InChI=1S/C17H16ClN3O3S/c1-10-8-21(9-11(10)17(23)24)16(22)13-6-7-15(20-19-13)25-14-5-3-2-4-12(14)18/h2-7,10-11H,8-9H2,1H3,(H,23,24)/t10-,11-/m1/s1. The minimum Gasteiger partial charge on any atom is -0.481 e. The maximum Gasteiger partial charge on any atom is 0.308 e. The molecule has 0 spiro atoms. The van der Waals surface area contributed by atoms with Crippen LogP contribution in [0.4, 0.5) is 0 Å². The van der Waals surface area contributed by atoms with E-state index in [1.54, 1.807) is 18.2 Å². The van der Waals surface area contributed by atoms with Gasteiger partial charge in [0.1, 0.15) is 5.03 Å². The Morgan fingerprint density at radius 2 is 1.96 bits per heavy atom. The van der Waals surface area contributed by atoms with E-state index in [-0.39, 0.29) is 24.1 Å². The smallest absolute Gasteiger partial charge is 0.308 e. The Balaban J connectivity index is 1.69. The number of hydrogen-bond donors (Lipinski definition) is 1. The molecular formula is C17H16ClN3O3S. The summed E-state index contributed by atoms with van der Waals surface area (Å²) in [5.41, 5.74) is 0.210. The van der Waals surface area contributed by atoms with Gasteiger partial charge in [0.25, 0.3) is 5.91 Å². The summed E-state index contributed by atoms with van der Waals surface area (Å²) in [5.74, 6) is -1.78. The molecule has 2 aromatic rings. The lowest BCUT2D eigenvalue weighted by molar-refractivity contribution is -0.142. The second-order valence-electron chi connectivity index (χ2n) is 5.92. The lowest BCUT2D eigenvalue weighted by Crippen LogP contribution is -2.30. The van der Waals surface area contributed by atoms with Gasteiger partial charge in [-0.2, -0.15) is 0 Å². The molecule has 25 heavy (non-hydrogen) atoms. The number of likely N-dealkylation sites (tertiary alicyclic amines) is 1. The number of carboxylic acids is 1. The van der Waals surface area contributed by atoms with E-state index in [2.05, 4.69) is 10.2 Å². The number of carboxylic acid groups (broad SMARTS) is 1. The Morgan fingerprint density at radius 1 is 1.20 bits per heavy atom. The summed E-state index contributed by atoms with van der Waals surface area (Å²) in [7, 11) is 0. The maximum absolute atomic E-state index is 12.5. The van der Waals surface area contributed by atoms with Gasteiger partial charge in [-0.1, -0.05) is 42.4 Å². The number of rotatable bonds is 4. The average molecular weight is 378 g/mol. The Bertz CT molecular complexity index is 800. The van der Waals surface area contributed by atoms with Gasteiger partial charge in [-0.25, -0.2) is 0 Å². The van der Waals surface area contributed by atoms with E-state index in [0.717, 1.165) is 4.90 Å². The zero-order valence-corrected chi connectivity index (χ0v) is 15.0. The number of carbonyl (C=O) groups is 2. The van der Waals surface area contributed by atoms with Crippen molar-refractivity contribution < 1.29 is 14.7 Å². The van der Waals surface area contributed by atoms with E-state index in [9.17, 15) is 14.7 Å². The number of aromatic nitrogens is 2. The number of benzene rings is 1. The van der Waals surface area contributed by atoms with Crippen molar-refractivity contribution in [2.24, 2.45) is 11.8 Å². The third-order valence-corrected chi connectivity index (χ3v) is 5.57. The molecule has 2 atom stereocenters. The van der Waals surface area contributed by atoms with Crippen LogP contribution in [0.2, 0.25) is 5.02 Å². The summed E-state index contributed by atoms with van der Waals surface area (Å²) in [4.78, 5) is 26.0. The highest BCUT2D eigenvalue weighted by Gasteiger charge is 2.37. The van der Waals surface area contributed by atoms with Crippen LogP contribution in [-0.4, -0.2) is 45.2 Å². The largest absolute Gasteiger partial charge is 0.481 e. The van der Waals surface area contributed by atoms with E-state index in [1.807, 2.05) is 25.1 Å². The fraction of sp³-hybridized carbons (Fsp3) is 0.294. The van der Waals surface area contributed by atoms with Crippen LogP contribution in [0.5, 0.6) is 0 Å². The zero-order chi connectivity index (χ0) is 18.0. The van der Waals surface area contributed by atoms with Gasteiger partial charge >= 0.3 is 5.97 Å². The maximum atomic E-state index is 12.5. The Morgan fingerprint density at radius 3 is 2.56 bits per heavy atom. The topological polar surface area (TPSA) is 83.4 Å². The first-order valence-electron chi connectivity index (χ1n) is 7.74. The van der Waals surface area contributed by atoms with E-state index >= 15 is 0 Å². The first kappa shape index (κ1) is 17.7. The van der Waals surface area contributed by atoms with Crippen molar-refractivity contribution in [3.05, 3.63) is 47.1 Å². The number of carbonyl (C=O) groups excluding carboxylic acids is 1. The molecular weight excluding hydrogens is 362 g/mol. The summed E-state index contributed by atoms with van der Waals surface area (Å²) < 4.78 is 0. The molecule has 0 aliphatic carbocycles. The molecule has 0 saturated carbocycles. The molecule has 6 nitrogen and oxygen atoms in total.